The van der Waals surface area contributed by atoms with Crippen LogP contribution in [0, 0.1) is 10.1 Å². The number of nitrogens with zero attached hydrogens (tertiary/aromatic N) is 3. The second kappa shape index (κ2) is 9.09. The SMILES string of the molecule is O=C(OCCCc1ccncc1)c1cc([N+](=O)[O-])ccc1N1CCOCC1. The number of non-ortho nitro benzene ring substituents is 1. The molecule has 1 aliphatic rings. The zero-order valence-corrected chi connectivity index (χ0v) is 14.9. The molecule has 1 saturated heterocycles. The molecule has 3 rings (SSSR count). The molecule has 8 heteroatoms. The number of hydrogen-bond donors (Lipinski definition) is 0. The summed E-state index contributed by atoms with van der Waals surface area (Å²) in [6, 6.07) is 8.13. The number of aromatic nitrogens is 1. The van der Waals surface area contributed by atoms with E-state index in [1.165, 1.54) is 12.1 Å². The number of carbonyl (C=O) groups is 1. The van der Waals surface area contributed by atoms with Crippen molar-refractivity contribution in [2.45, 2.75) is 12.8 Å². The number of aryl methyl sites for hydroxylation is 1. The third kappa shape index (κ3) is 5.01. The summed E-state index contributed by atoms with van der Waals surface area (Å²) in [5, 5.41) is 11.1. The topological polar surface area (TPSA) is 94.8 Å². The zero-order chi connectivity index (χ0) is 19.1. The Labute approximate surface area is 156 Å². The molecule has 0 amide bonds. The molecule has 0 unspecified atom stereocenters. The number of rotatable bonds is 7. The predicted molar refractivity (Wildman–Crippen MR) is 99.0 cm³/mol. The monoisotopic (exact) mass is 371 g/mol. The van der Waals surface area contributed by atoms with Crippen LogP contribution < -0.4 is 4.90 Å². The van der Waals surface area contributed by atoms with Crippen LogP contribution in [0.15, 0.2) is 42.7 Å². The highest BCUT2D eigenvalue weighted by atomic mass is 16.6. The van der Waals surface area contributed by atoms with Crippen molar-refractivity contribution in [1.82, 2.24) is 4.98 Å². The summed E-state index contributed by atoms with van der Waals surface area (Å²) >= 11 is 0. The first-order chi connectivity index (χ1) is 13.1. The minimum absolute atomic E-state index is 0.129. The second-order valence-corrected chi connectivity index (χ2v) is 6.15. The molecule has 0 bridgehead atoms. The molecule has 1 aliphatic heterocycles. The predicted octanol–water partition coefficient (Wildman–Crippen LogP) is 2.62. The van der Waals surface area contributed by atoms with Gasteiger partial charge in [-0.1, -0.05) is 0 Å². The lowest BCUT2D eigenvalue weighted by molar-refractivity contribution is -0.384. The van der Waals surface area contributed by atoms with Gasteiger partial charge >= 0.3 is 5.97 Å². The van der Waals surface area contributed by atoms with E-state index in [1.54, 1.807) is 18.5 Å². The molecule has 27 heavy (non-hydrogen) atoms. The first kappa shape index (κ1) is 18.8. The van der Waals surface area contributed by atoms with Gasteiger partial charge in [0, 0.05) is 37.6 Å². The molecule has 142 valence electrons. The fourth-order valence-electron chi connectivity index (χ4n) is 2.95. The van der Waals surface area contributed by atoms with Crippen molar-refractivity contribution in [2.24, 2.45) is 0 Å². The number of morpholine rings is 1. The standard InChI is InChI=1S/C19H21N3O5/c23-19(27-11-1-2-15-5-7-20-8-6-15)17-14-16(22(24)25)3-4-18(17)21-9-12-26-13-10-21/h3-8,14H,1-2,9-13H2. The molecule has 0 saturated carbocycles. The second-order valence-electron chi connectivity index (χ2n) is 6.15. The average molecular weight is 371 g/mol. The van der Waals surface area contributed by atoms with Gasteiger partial charge in [-0.15, -0.1) is 0 Å². The van der Waals surface area contributed by atoms with E-state index in [1.807, 2.05) is 17.0 Å². The van der Waals surface area contributed by atoms with Crippen LogP contribution in [0.25, 0.3) is 0 Å². The summed E-state index contributed by atoms with van der Waals surface area (Å²) in [7, 11) is 0. The van der Waals surface area contributed by atoms with Gasteiger partial charge in [0.15, 0.2) is 0 Å². The molecule has 1 aromatic heterocycles. The number of benzene rings is 1. The normalized spacial score (nSPS) is 14.0. The molecule has 8 nitrogen and oxygen atoms in total. The van der Waals surface area contributed by atoms with Crippen LogP contribution in [-0.4, -0.2) is 48.8 Å². The Kier molecular flexibility index (Phi) is 6.32. The fourth-order valence-corrected chi connectivity index (χ4v) is 2.95. The van der Waals surface area contributed by atoms with Gasteiger partial charge in [0.1, 0.15) is 0 Å². The van der Waals surface area contributed by atoms with Crippen molar-refractivity contribution < 1.29 is 19.2 Å². The molecule has 0 N–H and O–H groups in total. The molecule has 2 heterocycles. The Morgan fingerprint density at radius 2 is 1.96 bits per heavy atom. The van der Waals surface area contributed by atoms with Crippen molar-refractivity contribution in [3.63, 3.8) is 0 Å². The highest BCUT2D eigenvalue weighted by molar-refractivity contribution is 5.96. The van der Waals surface area contributed by atoms with Crippen LogP contribution in [0.4, 0.5) is 11.4 Å². The summed E-state index contributed by atoms with van der Waals surface area (Å²) in [6.45, 7) is 2.60. The highest BCUT2D eigenvalue weighted by Crippen LogP contribution is 2.27. The van der Waals surface area contributed by atoms with E-state index in [0.29, 0.717) is 38.4 Å². The number of ether oxygens (including phenoxy) is 2. The number of nitro groups is 1. The Bertz CT molecular complexity index is 791. The number of hydrogen-bond acceptors (Lipinski definition) is 7. The lowest BCUT2D eigenvalue weighted by Gasteiger charge is -2.30. The fraction of sp³-hybridized carbons (Fsp3) is 0.368. The number of esters is 1. The maximum absolute atomic E-state index is 12.6. The van der Waals surface area contributed by atoms with Gasteiger partial charge in [0.25, 0.3) is 5.69 Å². The van der Waals surface area contributed by atoms with Gasteiger partial charge in [0.05, 0.1) is 36.0 Å². The first-order valence-corrected chi connectivity index (χ1v) is 8.82. The van der Waals surface area contributed by atoms with E-state index in [9.17, 15) is 14.9 Å². The molecule has 1 fully saturated rings. The minimum atomic E-state index is -0.546. The van der Waals surface area contributed by atoms with Crippen molar-refractivity contribution in [2.75, 3.05) is 37.8 Å². The van der Waals surface area contributed by atoms with Crippen LogP contribution >= 0.6 is 0 Å². The van der Waals surface area contributed by atoms with E-state index in [-0.39, 0.29) is 17.9 Å². The summed E-state index contributed by atoms with van der Waals surface area (Å²) in [6.07, 6.45) is 4.87. The third-order valence-corrected chi connectivity index (χ3v) is 4.35. The number of carbonyl (C=O) groups excluding carboxylic acids is 1. The van der Waals surface area contributed by atoms with Crippen LogP contribution in [0.5, 0.6) is 0 Å². The Balaban J connectivity index is 1.67. The molecule has 0 radical (unpaired) electrons. The van der Waals surface area contributed by atoms with Crippen LogP contribution in [0.2, 0.25) is 0 Å². The van der Waals surface area contributed by atoms with Gasteiger partial charge in [-0.3, -0.25) is 15.1 Å². The minimum Gasteiger partial charge on any atom is -0.462 e. The number of anilines is 1. The first-order valence-electron chi connectivity index (χ1n) is 8.82. The summed E-state index contributed by atoms with van der Waals surface area (Å²) in [5.74, 6) is -0.546. The van der Waals surface area contributed by atoms with Crippen molar-refractivity contribution >= 4 is 17.3 Å². The molecule has 2 aromatic rings. The van der Waals surface area contributed by atoms with Crippen molar-refractivity contribution in [3.05, 3.63) is 64.0 Å². The molecular weight excluding hydrogens is 350 g/mol. The Morgan fingerprint density at radius 1 is 1.22 bits per heavy atom. The Morgan fingerprint density at radius 3 is 2.67 bits per heavy atom. The molecule has 0 aliphatic carbocycles. The maximum Gasteiger partial charge on any atom is 0.340 e. The third-order valence-electron chi connectivity index (χ3n) is 4.35. The summed E-state index contributed by atoms with van der Waals surface area (Å²) < 4.78 is 10.7. The van der Waals surface area contributed by atoms with E-state index in [2.05, 4.69) is 4.98 Å². The largest absolute Gasteiger partial charge is 0.462 e. The smallest absolute Gasteiger partial charge is 0.340 e. The van der Waals surface area contributed by atoms with E-state index >= 15 is 0 Å². The van der Waals surface area contributed by atoms with Gasteiger partial charge in [0.2, 0.25) is 0 Å². The van der Waals surface area contributed by atoms with Gasteiger partial charge in [-0.25, -0.2) is 4.79 Å². The lowest BCUT2D eigenvalue weighted by Crippen LogP contribution is -2.37. The van der Waals surface area contributed by atoms with E-state index < -0.39 is 10.9 Å². The quantitative estimate of drug-likeness (QED) is 0.319. The molecule has 0 atom stereocenters. The van der Waals surface area contributed by atoms with Crippen LogP contribution in [0.3, 0.4) is 0 Å². The number of pyridine rings is 1. The van der Waals surface area contributed by atoms with Gasteiger partial charge in [-0.05, 0) is 36.6 Å². The Hall–Kier alpha value is -3.00. The zero-order valence-electron chi connectivity index (χ0n) is 14.9. The van der Waals surface area contributed by atoms with Crippen LogP contribution in [0.1, 0.15) is 22.3 Å². The lowest BCUT2D eigenvalue weighted by atomic mass is 10.1. The molecule has 0 spiro atoms. The molecular formula is C19H21N3O5. The summed E-state index contributed by atoms with van der Waals surface area (Å²) in [5.41, 5.74) is 1.85. The van der Waals surface area contributed by atoms with Gasteiger partial charge < -0.3 is 14.4 Å². The van der Waals surface area contributed by atoms with Crippen molar-refractivity contribution in [3.8, 4) is 0 Å². The maximum atomic E-state index is 12.6. The van der Waals surface area contributed by atoms with E-state index in [4.69, 9.17) is 9.47 Å². The van der Waals surface area contributed by atoms with E-state index in [0.717, 1.165) is 12.0 Å². The number of nitro benzene ring substituents is 1. The van der Waals surface area contributed by atoms with Crippen LogP contribution in [-0.2, 0) is 15.9 Å². The highest BCUT2D eigenvalue weighted by Gasteiger charge is 2.23. The van der Waals surface area contributed by atoms with Gasteiger partial charge in [-0.2, -0.15) is 0 Å². The van der Waals surface area contributed by atoms with Crippen molar-refractivity contribution in [1.29, 1.82) is 0 Å². The summed E-state index contributed by atoms with van der Waals surface area (Å²) in [4.78, 5) is 29.1. The average Bonchev–Trinajstić information content (AvgIpc) is 2.72. The molecule has 1 aromatic carbocycles.